The van der Waals surface area contributed by atoms with Gasteiger partial charge >= 0.3 is 0 Å². The molecule has 1 aromatic heterocycles. The van der Waals surface area contributed by atoms with Crippen LogP contribution in [0.25, 0.3) is 0 Å². The summed E-state index contributed by atoms with van der Waals surface area (Å²) >= 11 is 3.30. The van der Waals surface area contributed by atoms with Gasteiger partial charge in [-0.3, -0.25) is 4.79 Å². The van der Waals surface area contributed by atoms with Gasteiger partial charge in [0.25, 0.3) is 5.91 Å². The van der Waals surface area contributed by atoms with Gasteiger partial charge < -0.3 is 9.30 Å². The minimum absolute atomic E-state index is 0.0552. The van der Waals surface area contributed by atoms with E-state index in [9.17, 15) is 13.2 Å². The normalized spacial score (nSPS) is 19.5. The Balaban J connectivity index is 2.20. The predicted molar refractivity (Wildman–Crippen MR) is 78.1 cm³/mol. The van der Waals surface area contributed by atoms with E-state index in [1.807, 2.05) is 13.8 Å². The highest BCUT2D eigenvalue weighted by atomic mass is 79.9. The second kappa shape index (κ2) is 5.87. The van der Waals surface area contributed by atoms with E-state index in [0.29, 0.717) is 18.7 Å². The molecule has 8 heteroatoms. The van der Waals surface area contributed by atoms with Gasteiger partial charge in [-0.05, 0) is 42.3 Å². The van der Waals surface area contributed by atoms with Gasteiger partial charge in [0.05, 0.1) is 6.61 Å². The minimum Gasteiger partial charge on any atom is -0.380 e. The molecule has 1 aliphatic rings. The summed E-state index contributed by atoms with van der Waals surface area (Å²) in [6.07, 6.45) is 2.17. The lowest BCUT2D eigenvalue weighted by molar-refractivity contribution is 0.0970. The molecule has 0 spiro atoms. The van der Waals surface area contributed by atoms with Crippen molar-refractivity contribution in [1.29, 1.82) is 0 Å². The predicted octanol–water partition coefficient (Wildman–Crippen LogP) is 1.68. The van der Waals surface area contributed by atoms with Gasteiger partial charge in [-0.2, -0.15) is 0 Å². The molecular weight excluding hydrogens is 348 g/mol. The van der Waals surface area contributed by atoms with Crippen LogP contribution in [0.15, 0.2) is 16.7 Å². The monoisotopic (exact) mass is 364 g/mol. The minimum atomic E-state index is -3.69. The highest BCUT2D eigenvalue weighted by Crippen LogP contribution is 2.20. The number of carbonyl (C=O) groups excluding carboxylic acids is 1. The first-order chi connectivity index (χ1) is 9.31. The van der Waals surface area contributed by atoms with Crippen LogP contribution in [0.5, 0.6) is 0 Å². The van der Waals surface area contributed by atoms with E-state index in [1.54, 1.807) is 16.8 Å². The number of nitrogens with one attached hydrogen (secondary N) is 1. The summed E-state index contributed by atoms with van der Waals surface area (Å²) < 4.78 is 33.8. The fraction of sp³-hybridized carbons (Fsp3) is 0.583. The van der Waals surface area contributed by atoms with E-state index < -0.39 is 21.2 Å². The molecule has 1 saturated heterocycles. The topological polar surface area (TPSA) is 77.4 Å². The summed E-state index contributed by atoms with van der Waals surface area (Å²) in [7, 11) is -3.69. The molecule has 112 valence electrons. The van der Waals surface area contributed by atoms with Crippen molar-refractivity contribution in [2.75, 3.05) is 13.2 Å². The number of carbonyl (C=O) groups is 1. The van der Waals surface area contributed by atoms with E-state index >= 15 is 0 Å². The van der Waals surface area contributed by atoms with Gasteiger partial charge in [-0.25, -0.2) is 13.1 Å². The molecule has 6 nitrogen and oxygen atoms in total. The van der Waals surface area contributed by atoms with Crippen molar-refractivity contribution in [3.05, 3.63) is 22.4 Å². The van der Waals surface area contributed by atoms with Crippen molar-refractivity contribution in [1.82, 2.24) is 9.29 Å². The summed E-state index contributed by atoms with van der Waals surface area (Å²) in [6.45, 7) is 4.39. The highest BCUT2D eigenvalue weighted by molar-refractivity contribution is 9.10. The van der Waals surface area contributed by atoms with E-state index in [1.165, 1.54) is 0 Å². The zero-order chi connectivity index (χ0) is 14.9. The Morgan fingerprint density at radius 3 is 2.80 bits per heavy atom. The van der Waals surface area contributed by atoms with Crippen molar-refractivity contribution < 1.29 is 17.9 Å². The fourth-order valence-corrected chi connectivity index (χ4v) is 3.73. The molecule has 20 heavy (non-hydrogen) atoms. The van der Waals surface area contributed by atoms with Gasteiger partial charge in [-0.15, -0.1) is 0 Å². The maximum Gasteiger partial charge on any atom is 0.281 e. The maximum atomic E-state index is 12.2. The molecule has 0 saturated carbocycles. The highest BCUT2D eigenvalue weighted by Gasteiger charge is 2.32. The number of rotatable bonds is 4. The third-order valence-corrected chi connectivity index (χ3v) is 5.32. The molecule has 0 radical (unpaired) electrons. The van der Waals surface area contributed by atoms with Gasteiger partial charge in [0.2, 0.25) is 10.0 Å². The molecule has 0 aliphatic carbocycles. The number of ether oxygens (including phenoxy) is 1. The van der Waals surface area contributed by atoms with Crippen LogP contribution >= 0.6 is 15.9 Å². The Morgan fingerprint density at radius 2 is 2.25 bits per heavy atom. The lowest BCUT2D eigenvalue weighted by atomic mass is 10.3. The molecular formula is C12H17BrN2O4S. The van der Waals surface area contributed by atoms with E-state index in [0.717, 1.165) is 4.47 Å². The number of hydrogen-bond donors (Lipinski definition) is 1. The molecule has 0 bridgehead atoms. The second-order valence-corrected chi connectivity index (χ2v) is 7.88. The Hall–Kier alpha value is -0.860. The van der Waals surface area contributed by atoms with Gasteiger partial charge in [-0.1, -0.05) is 0 Å². The largest absolute Gasteiger partial charge is 0.380 e. The van der Waals surface area contributed by atoms with Gasteiger partial charge in [0.15, 0.2) is 0 Å². The second-order valence-electron chi connectivity index (χ2n) is 5.01. The third-order valence-electron chi connectivity index (χ3n) is 3.17. The van der Waals surface area contributed by atoms with E-state index in [4.69, 9.17) is 4.74 Å². The average molecular weight is 365 g/mol. The number of hydrogen-bond acceptors (Lipinski definition) is 4. The van der Waals surface area contributed by atoms with Crippen LogP contribution in [0.4, 0.5) is 0 Å². The molecule has 2 rings (SSSR count). The maximum absolute atomic E-state index is 12.2. The smallest absolute Gasteiger partial charge is 0.281 e. The van der Waals surface area contributed by atoms with Crippen molar-refractivity contribution in [3.8, 4) is 0 Å². The SMILES string of the molecule is CC(C)n1cc(Br)cc1C(=O)NS(=O)(=O)C1CCOC1. The fourth-order valence-electron chi connectivity index (χ4n) is 2.08. The van der Waals surface area contributed by atoms with Crippen molar-refractivity contribution in [3.63, 3.8) is 0 Å². The summed E-state index contributed by atoms with van der Waals surface area (Å²) in [5.74, 6) is -0.615. The molecule has 1 aliphatic heterocycles. The van der Waals surface area contributed by atoms with E-state index in [2.05, 4.69) is 20.7 Å². The summed E-state index contributed by atoms with van der Waals surface area (Å²) in [5.41, 5.74) is 0.314. The molecule has 1 atom stereocenters. The lowest BCUT2D eigenvalue weighted by Gasteiger charge is -2.14. The third kappa shape index (κ3) is 3.24. The van der Waals surface area contributed by atoms with Crippen molar-refractivity contribution in [2.24, 2.45) is 0 Å². The molecule has 1 unspecified atom stereocenters. The van der Waals surface area contributed by atoms with Crippen LogP contribution in [-0.4, -0.2) is 37.4 Å². The number of aromatic nitrogens is 1. The van der Waals surface area contributed by atoms with Crippen LogP contribution in [0, 0.1) is 0 Å². The molecule has 1 N–H and O–H groups in total. The van der Waals surface area contributed by atoms with Crippen LogP contribution in [0.1, 0.15) is 36.8 Å². The number of nitrogens with zero attached hydrogens (tertiary/aromatic N) is 1. The number of sulfonamides is 1. The summed E-state index contributed by atoms with van der Waals surface area (Å²) in [4.78, 5) is 12.2. The molecule has 2 heterocycles. The van der Waals surface area contributed by atoms with Crippen LogP contribution in [0.3, 0.4) is 0 Å². The molecule has 1 aromatic rings. The van der Waals surface area contributed by atoms with Crippen LogP contribution < -0.4 is 4.72 Å². The van der Waals surface area contributed by atoms with Crippen LogP contribution in [0.2, 0.25) is 0 Å². The zero-order valence-electron chi connectivity index (χ0n) is 11.3. The first-order valence-corrected chi connectivity index (χ1v) is 8.66. The molecule has 1 amide bonds. The molecule has 1 fully saturated rings. The number of amides is 1. The average Bonchev–Trinajstić information content (AvgIpc) is 2.96. The quantitative estimate of drug-likeness (QED) is 0.881. The summed E-state index contributed by atoms with van der Waals surface area (Å²) in [5, 5.41) is -0.655. The van der Waals surface area contributed by atoms with Gasteiger partial charge in [0.1, 0.15) is 10.9 Å². The first-order valence-electron chi connectivity index (χ1n) is 6.32. The van der Waals surface area contributed by atoms with Crippen molar-refractivity contribution >= 4 is 31.9 Å². The number of halogens is 1. The van der Waals surface area contributed by atoms with Crippen LogP contribution in [-0.2, 0) is 14.8 Å². The van der Waals surface area contributed by atoms with Crippen molar-refractivity contribution in [2.45, 2.75) is 31.6 Å². The Kier molecular flexibility index (Phi) is 4.55. The summed E-state index contributed by atoms with van der Waals surface area (Å²) in [6, 6.07) is 1.66. The first kappa shape index (κ1) is 15.5. The van der Waals surface area contributed by atoms with E-state index in [-0.39, 0.29) is 12.6 Å². The zero-order valence-corrected chi connectivity index (χ0v) is 13.7. The lowest BCUT2D eigenvalue weighted by Crippen LogP contribution is -2.39. The van der Waals surface area contributed by atoms with Gasteiger partial charge in [0, 0.05) is 23.3 Å². The Labute approximate surface area is 126 Å². The standard InChI is InChI=1S/C12H17BrN2O4S/c1-8(2)15-6-9(13)5-11(15)12(16)14-20(17,18)10-3-4-19-7-10/h5-6,8,10H,3-4,7H2,1-2H3,(H,14,16). The Morgan fingerprint density at radius 1 is 1.55 bits per heavy atom. The molecule has 0 aromatic carbocycles. The Bertz CT molecular complexity index is 603.